The first kappa shape index (κ1) is 13.4. The van der Waals surface area contributed by atoms with Crippen LogP contribution in [-0.4, -0.2) is 41.4 Å². The van der Waals surface area contributed by atoms with E-state index in [1.54, 1.807) is 15.4 Å². The summed E-state index contributed by atoms with van der Waals surface area (Å²) in [7, 11) is 1.85. The minimum Gasteiger partial charge on any atom is -0.481 e. The van der Waals surface area contributed by atoms with Gasteiger partial charge < -0.3 is 10.8 Å². The molecule has 0 unspecified atom stereocenters. The first-order valence-electron chi connectivity index (χ1n) is 5.57. The summed E-state index contributed by atoms with van der Waals surface area (Å²) in [6.07, 6.45) is 4.44. The topological polar surface area (TPSA) is 112 Å². The number of hydrogen-bond donors (Lipinski definition) is 2. The monoisotopic (exact) mass is 282 g/mol. The highest BCUT2D eigenvalue weighted by Crippen LogP contribution is 2.18. The van der Waals surface area contributed by atoms with Crippen LogP contribution in [0.3, 0.4) is 0 Å². The molecule has 3 N–H and O–H groups in total. The molecule has 2 aromatic rings. The van der Waals surface area contributed by atoms with Crippen molar-refractivity contribution in [3.8, 4) is 0 Å². The first-order valence-corrected chi connectivity index (χ1v) is 6.55. The molecule has 19 heavy (non-hydrogen) atoms. The molecule has 0 saturated heterocycles. The summed E-state index contributed by atoms with van der Waals surface area (Å²) in [6.45, 7) is 0.590. The number of thioether (sulfide) groups is 1. The lowest BCUT2D eigenvalue weighted by molar-refractivity contribution is -0.133. The lowest BCUT2D eigenvalue weighted by Crippen LogP contribution is -2.08. The van der Waals surface area contributed by atoms with Crippen molar-refractivity contribution in [1.29, 1.82) is 0 Å². The van der Waals surface area contributed by atoms with Gasteiger partial charge in [0.25, 0.3) is 0 Å². The highest BCUT2D eigenvalue weighted by molar-refractivity contribution is 7.99. The second-order valence-corrected chi connectivity index (χ2v) is 4.89. The Bertz CT molecular complexity index is 578. The number of nitrogens with zero attached hydrogens (tertiary/aromatic N) is 5. The smallest absolute Gasteiger partial charge is 0.313 e. The van der Waals surface area contributed by atoms with E-state index in [4.69, 9.17) is 10.8 Å². The fourth-order valence-electron chi connectivity index (χ4n) is 1.59. The zero-order valence-corrected chi connectivity index (χ0v) is 11.2. The SMILES string of the molecule is Cn1cc(CCn2c(N)nnc2SCC(=O)O)cn1. The largest absolute Gasteiger partial charge is 0.481 e. The lowest BCUT2D eigenvalue weighted by atomic mass is 10.2. The van der Waals surface area contributed by atoms with Gasteiger partial charge in [-0.15, -0.1) is 10.2 Å². The van der Waals surface area contributed by atoms with Gasteiger partial charge >= 0.3 is 5.97 Å². The zero-order valence-electron chi connectivity index (χ0n) is 10.4. The molecule has 0 saturated carbocycles. The Hall–Kier alpha value is -2.03. The van der Waals surface area contributed by atoms with Crippen LogP contribution < -0.4 is 5.73 Å². The van der Waals surface area contributed by atoms with E-state index in [9.17, 15) is 4.79 Å². The summed E-state index contributed by atoms with van der Waals surface area (Å²) in [5.74, 6) is -0.674. The van der Waals surface area contributed by atoms with Crippen LogP contribution in [0.4, 0.5) is 5.95 Å². The van der Waals surface area contributed by atoms with Crippen molar-refractivity contribution < 1.29 is 9.90 Å². The Morgan fingerprint density at radius 2 is 2.32 bits per heavy atom. The average molecular weight is 282 g/mol. The third-order valence-electron chi connectivity index (χ3n) is 2.45. The van der Waals surface area contributed by atoms with E-state index in [-0.39, 0.29) is 11.7 Å². The number of carbonyl (C=O) groups is 1. The number of nitrogen functional groups attached to an aromatic ring is 1. The minimum absolute atomic E-state index is 0.0645. The molecule has 0 bridgehead atoms. The zero-order chi connectivity index (χ0) is 13.8. The maximum absolute atomic E-state index is 10.6. The number of carboxylic acids is 1. The molecule has 0 radical (unpaired) electrons. The summed E-state index contributed by atoms with van der Waals surface area (Å²) in [6, 6.07) is 0. The quantitative estimate of drug-likeness (QED) is 0.718. The summed E-state index contributed by atoms with van der Waals surface area (Å²) in [5.41, 5.74) is 6.80. The molecule has 0 fully saturated rings. The minimum atomic E-state index is -0.898. The third kappa shape index (κ3) is 3.47. The highest BCUT2D eigenvalue weighted by Gasteiger charge is 2.12. The normalized spacial score (nSPS) is 10.8. The second-order valence-electron chi connectivity index (χ2n) is 3.95. The Balaban J connectivity index is 2.02. The maximum Gasteiger partial charge on any atom is 0.313 e. The Kier molecular flexibility index (Phi) is 4.05. The molecule has 0 amide bonds. The average Bonchev–Trinajstić information content (AvgIpc) is 2.91. The van der Waals surface area contributed by atoms with Crippen LogP contribution in [0, 0.1) is 0 Å². The van der Waals surface area contributed by atoms with Crippen molar-refractivity contribution in [3.63, 3.8) is 0 Å². The molecule has 8 nitrogen and oxygen atoms in total. The summed E-state index contributed by atoms with van der Waals surface area (Å²) < 4.78 is 3.44. The van der Waals surface area contributed by atoms with Crippen LogP contribution in [0.2, 0.25) is 0 Å². The molecule has 0 atom stereocenters. The number of hydrogen-bond acceptors (Lipinski definition) is 6. The summed E-state index contributed by atoms with van der Waals surface area (Å²) in [4.78, 5) is 10.6. The number of rotatable bonds is 6. The Labute approximate surface area is 113 Å². The number of carboxylic acid groups (broad SMARTS) is 1. The van der Waals surface area contributed by atoms with Gasteiger partial charge in [0, 0.05) is 19.8 Å². The fourth-order valence-corrected chi connectivity index (χ4v) is 2.28. The Morgan fingerprint density at radius 3 is 2.95 bits per heavy atom. The van der Waals surface area contributed by atoms with E-state index in [2.05, 4.69) is 15.3 Å². The lowest BCUT2D eigenvalue weighted by Gasteiger charge is -2.05. The number of aliphatic carboxylic acids is 1. The van der Waals surface area contributed by atoms with E-state index in [1.165, 1.54) is 0 Å². The maximum atomic E-state index is 10.6. The van der Waals surface area contributed by atoms with Gasteiger partial charge in [0.2, 0.25) is 5.95 Å². The molecule has 102 valence electrons. The number of aromatic nitrogens is 5. The van der Waals surface area contributed by atoms with Gasteiger partial charge in [-0.05, 0) is 12.0 Å². The molecule has 2 rings (SSSR count). The fraction of sp³-hybridized carbons (Fsp3) is 0.400. The van der Waals surface area contributed by atoms with Crippen LogP contribution in [0.1, 0.15) is 5.56 Å². The predicted octanol–water partition coefficient (Wildman–Crippen LogP) is 0.0132. The number of aryl methyl sites for hydroxylation is 2. The number of nitrogens with two attached hydrogens (primary N) is 1. The van der Waals surface area contributed by atoms with Crippen molar-refractivity contribution in [2.75, 3.05) is 11.5 Å². The summed E-state index contributed by atoms with van der Waals surface area (Å²) >= 11 is 1.11. The molecule has 9 heteroatoms. The van der Waals surface area contributed by atoms with Crippen molar-refractivity contribution in [2.45, 2.75) is 18.1 Å². The van der Waals surface area contributed by atoms with Crippen molar-refractivity contribution in [2.24, 2.45) is 7.05 Å². The third-order valence-corrected chi connectivity index (χ3v) is 3.40. The molecule has 0 aliphatic heterocycles. The van der Waals surface area contributed by atoms with Gasteiger partial charge in [-0.25, -0.2) is 0 Å². The van der Waals surface area contributed by atoms with Gasteiger partial charge in [0.05, 0.1) is 11.9 Å². The van der Waals surface area contributed by atoms with Crippen LogP contribution in [0.5, 0.6) is 0 Å². The molecule has 0 aliphatic rings. The molecule has 2 heterocycles. The predicted molar refractivity (Wildman–Crippen MR) is 69.7 cm³/mol. The molecule has 2 aromatic heterocycles. The standard InChI is InChI=1S/C10H14N6O2S/c1-15-5-7(4-12-15)2-3-16-9(11)13-14-10(16)19-6-8(17)18/h4-5H,2-3,6H2,1H3,(H2,11,13)(H,17,18). The van der Waals surface area contributed by atoms with E-state index >= 15 is 0 Å². The van der Waals surface area contributed by atoms with Gasteiger partial charge in [-0.3, -0.25) is 14.0 Å². The van der Waals surface area contributed by atoms with Crippen LogP contribution in [0.25, 0.3) is 0 Å². The van der Waals surface area contributed by atoms with Gasteiger partial charge in [-0.1, -0.05) is 11.8 Å². The van der Waals surface area contributed by atoms with Gasteiger partial charge in [0.15, 0.2) is 5.16 Å². The molecule has 0 aromatic carbocycles. The molecule has 0 aliphatic carbocycles. The van der Waals surface area contributed by atoms with E-state index < -0.39 is 5.97 Å². The van der Waals surface area contributed by atoms with Crippen molar-refractivity contribution in [3.05, 3.63) is 18.0 Å². The number of anilines is 1. The molecular weight excluding hydrogens is 268 g/mol. The highest BCUT2D eigenvalue weighted by atomic mass is 32.2. The first-order chi connectivity index (χ1) is 9.06. The van der Waals surface area contributed by atoms with E-state index in [0.717, 1.165) is 23.7 Å². The van der Waals surface area contributed by atoms with Gasteiger partial charge in [0.1, 0.15) is 0 Å². The second kappa shape index (κ2) is 5.74. The van der Waals surface area contributed by atoms with Crippen LogP contribution >= 0.6 is 11.8 Å². The Morgan fingerprint density at radius 1 is 1.53 bits per heavy atom. The molecular formula is C10H14N6O2S. The van der Waals surface area contributed by atoms with E-state index in [0.29, 0.717) is 11.7 Å². The molecule has 0 spiro atoms. The van der Waals surface area contributed by atoms with Crippen molar-refractivity contribution >= 4 is 23.7 Å². The van der Waals surface area contributed by atoms with Gasteiger partial charge in [-0.2, -0.15) is 5.10 Å². The summed E-state index contributed by atoms with van der Waals surface area (Å²) in [5, 5.41) is 20.9. The van der Waals surface area contributed by atoms with Crippen LogP contribution in [-0.2, 0) is 24.8 Å². The van der Waals surface area contributed by atoms with E-state index in [1.807, 2.05) is 13.2 Å². The van der Waals surface area contributed by atoms with Crippen LogP contribution in [0.15, 0.2) is 17.6 Å². The van der Waals surface area contributed by atoms with Crippen molar-refractivity contribution in [1.82, 2.24) is 24.5 Å².